The lowest BCUT2D eigenvalue weighted by Gasteiger charge is -2.09. The molecule has 102 valence electrons. The summed E-state index contributed by atoms with van der Waals surface area (Å²) in [5.74, 6) is 0. The molecule has 0 N–H and O–H groups in total. The van der Waals surface area contributed by atoms with E-state index >= 15 is 0 Å². The fourth-order valence-corrected chi connectivity index (χ4v) is 2.41. The van der Waals surface area contributed by atoms with Gasteiger partial charge in [-0.3, -0.25) is 9.36 Å². The van der Waals surface area contributed by atoms with E-state index in [4.69, 9.17) is 23.2 Å². The van der Waals surface area contributed by atoms with Crippen molar-refractivity contribution in [2.75, 3.05) is 0 Å². The Kier molecular flexibility index (Phi) is 3.23. The van der Waals surface area contributed by atoms with Crippen molar-refractivity contribution < 1.29 is 0 Å². The first-order valence-electron chi connectivity index (χ1n) is 5.88. The number of hydrogen-bond donors (Lipinski definition) is 0. The molecule has 0 saturated carbocycles. The van der Waals surface area contributed by atoms with Crippen LogP contribution in [0.15, 0.2) is 35.4 Å². The van der Waals surface area contributed by atoms with Crippen molar-refractivity contribution >= 4 is 34.4 Å². The zero-order valence-electron chi connectivity index (χ0n) is 10.5. The van der Waals surface area contributed by atoms with Crippen molar-refractivity contribution in [1.82, 2.24) is 19.1 Å². The minimum absolute atomic E-state index is 0.117. The van der Waals surface area contributed by atoms with Crippen LogP contribution >= 0.6 is 23.2 Å². The zero-order valence-corrected chi connectivity index (χ0v) is 12.1. The zero-order chi connectivity index (χ0) is 14.3. The Balaban J connectivity index is 2.17. The summed E-state index contributed by atoms with van der Waals surface area (Å²) in [7, 11) is 1.76. The Hall–Kier alpha value is -1.85. The van der Waals surface area contributed by atoms with Crippen LogP contribution in [0.2, 0.25) is 10.3 Å². The van der Waals surface area contributed by atoms with E-state index in [1.807, 2.05) is 18.2 Å². The van der Waals surface area contributed by atoms with E-state index in [9.17, 15) is 4.79 Å². The molecular formula is C13H10Cl2N4O. The first-order valence-corrected chi connectivity index (χ1v) is 6.64. The molecule has 0 aliphatic heterocycles. The molecule has 5 nitrogen and oxygen atoms in total. The van der Waals surface area contributed by atoms with E-state index in [2.05, 4.69) is 9.97 Å². The molecule has 3 rings (SSSR count). The number of imidazole rings is 1. The van der Waals surface area contributed by atoms with Crippen LogP contribution in [0.4, 0.5) is 0 Å². The maximum atomic E-state index is 12.4. The summed E-state index contributed by atoms with van der Waals surface area (Å²) in [5.41, 5.74) is 1.29. The monoisotopic (exact) mass is 308 g/mol. The Morgan fingerprint density at radius 1 is 1.25 bits per heavy atom. The highest BCUT2D eigenvalue weighted by molar-refractivity contribution is 6.31. The Morgan fingerprint density at radius 3 is 2.75 bits per heavy atom. The van der Waals surface area contributed by atoms with Gasteiger partial charge >= 0.3 is 0 Å². The second-order valence-electron chi connectivity index (χ2n) is 4.39. The molecule has 0 spiro atoms. The van der Waals surface area contributed by atoms with Gasteiger partial charge in [0, 0.05) is 12.1 Å². The maximum absolute atomic E-state index is 12.4. The van der Waals surface area contributed by atoms with E-state index in [0.717, 1.165) is 5.56 Å². The highest BCUT2D eigenvalue weighted by Gasteiger charge is 2.14. The summed E-state index contributed by atoms with van der Waals surface area (Å²) in [6.07, 6.45) is 1.54. The number of fused-ring (bicyclic) bond motifs is 1. The fourth-order valence-electron chi connectivity index (χ4n) is 2.00. The van der Waals surface area contributed by atoms with Crippen molar-refractivity contribution in [2.24, 2.45) is 7.05 Å². The third kappa shape index (κ3) is 2.09. The quantitative estimate of drug-likeness (QED) is 0.683. The molecule has 0 aliphatic carbocycles. The summed E-state index contributed by atoms with van der Waals surface area (Å²) >= 11 is 12.2. The summed E-state index contributed by atoms with van der Waals surface area (Å²) in [4.78, 5) is 20.7. The second kappa shape index (κ2) is 4.92. The lowest BCUT2D eigenvalue weighted by Crippen LogP contribution is -2.23. The van der Waals surface area contributed by atoms with E-state index in [-0.39, 0.29) is 17.4 Å². The van der Waals surface area contributed by atoms with Gasteiger partial charge in [-0.15, -0.1) is 0 Å². The molecule has 2 aromatic heterocycles. The largest absolute Gasteiger partial charge is 0.318 e. The van der Waals surface area contributed by atoms with Crippen molar-refractivity contribution in [3.05, 3.63) is 56.8 Å². The van der Waals surface area contributed by atoms with Gasteiger partial charge in [-0.25, -0.2) is 4.98 Å². The molecule has 7 heteroatoms. The van der Waals surface area contributed by atoms with Crippen molar-refractivity contribution in [3.8, 4) is 0 Å². The fraction of sp³-hybridized carbons (Fsp3) is 0.154. The Bertz CT molecular complexity index is 853. The first-order chi connectivity index (χ1) is 9.58. The number of aromatic nitrogens is 4. The molecule has 0 bridgehead atoms. The molecule has 0 atom stereocenters. The lowest BCUT2D eigenvalue weighted by molar-refractivity contribution is 0.745. The van der Waals surface area contributed by atoms with Crippen LogP contribution in [-0.4, -0.2) is 19.1 Å². The third-order valence-corrected chi connectivity index (χ3v) is 3.72. The summed E-state index contributed by atoms with van der Waals surface area (Å²) in [6, 6.07) is 7.29. The van der Waals surface area contributed by atoms with E-state index in [1.165, 1.54) is 10.9 Å². The van der Waals surface area contributed by atoms with Crippen LogP contribution in [0.1, 0.15) is 5.56 Å². The van der Waals surface area contributed by atoms with Gasteiger partial charge in [-0.05, 0) is 23.2 Å². The standard InChI is InChI=1S/C13H10Cl2N4O/c1-18-7-16-10-11(18)17-13(15)19(12(10)20)6-8-4-2-3-5-9(8)14/h2-5,7H,6H2,1H3. The van der Waals surface area contributed by atoms with Gasteiger partial charge in [0.2, 0.25) is 5.28 Å². The van der Waals surface area contributed by atoms with E-state index in [0.29, 0.717) is 16.2 Å². The van der Waals surface area contributed by atoms with Gasteiger partial charge < -0.3 is 4.57 Å². The van der Waals surface area contributed by atoms with Gasteiger partial charge in [0.05, 0.1) is 12.9 Å². The molecule has 3 aromatic rings. The summed E-state index contributed by atoms with van der Waals surface area (Å²) < 4.78 is 3.01. The van der Waals surface area contributed by atoms with Gasteiger partial charge in [0.1, 0.15) is 0 Å². The predicted molar refractivity (Wildman–Crippen MR) is 78.3 cm³/mol. The smallest absolute Gasteiger partial charge is 0.282 e. The highest BCUT2D eigenvalue weighted by Crippen LogP contribution is 2.18. The van der Waals surface area contributed by atoms with E-state index in [1.54, 1.807) is 17.7 Å². The molecule has 0 aliphatic rings. The number of rotatable bonds is 2. The molecule has 1 aromatic carbocycles. The van der Waals surface area contributed by atoms with Gasteiger partial charge in [0.15, 0.2) is 11.2 Å². The topological polar surface area (TPSA) is 52.7 Å². The van der Waals surface area contributed by atoms with E-state index < -0.39 is 0 Å². The average molecular weight is 309 g/mol. The van der Waals surface area contributed by atoms with Gasteiger partial charge in [-0.1, -0.05) is 29.8 Å². The van der Waals surface area contributed by atoms with Crippen molar-refractivity contribution in [1.29, 1.82) is 0 Å². The van der Waals surface area contributed by atoms with Crippen molar-refractivity contribution in [3.63, 3.8) is 0 Å². The molecule has 0 amide bonds. The SMILES string of the molecule is Cn1cnc2c(=O)n(Cc3ccccc3Cl)c(Cl)nc21. The van der Waals surface area contributed by atoms with Crippen LogP contribution in [0, 0.1) is 0 Å². The highest BCUT2D eigenvalue weighted by atomic mass is 35.5. The van der Waals surface area contributed by atoms with Crippen LogP contribution in [0.5, 0.6) is 0 Å². The molecule has 0 unspecified atom stereocenters. The van der Waals surface area contributed by atoms with Crippen LogP contribution < -0.4 is 5.56 Å². The van der Waals surface area contributed by atoms with Crippen LogP contribution in [0.3, 0.4) is 0 Å². The van der Waals surface area contributed by atoms with Crippen molar-refractivity contribution in [2.45, 2.75) is 6.54 Å². The Labute approximate surface area is 124 Å². The summed E-state index contributed by atoms with van der Waals surface area (Å²) in [6.45, 7) is 0.261. The van der Waals surface area contributed by atoms with Gasteiger partial charge in [0.25, 0.3) is 5.56 Å². The number of benzene rings is 1. The van der Waals surface area contributed by atoms with Gasteiger partial charge in [-0.2, -0.15) is 4.98 Å². The van der Waals surface area contributed by atoms with Crippen LogP contribution in [-0.2, 0) is 13.6 Å². The molecule has 0 saturated heterocycles. The second-order valence-corrected chi connectivity index (χ2v) is 5.14. The molecule has 2 heterocycles. The number of aryl methyl sites for hydroxylation is 1. The first kappa shape index (κ1) is 13.1. The van der Waals surface area contributed by atoms with Crippen LogP contribution in [0.25, 0.3) is 11.2 Å². The minimum Gasteiger partial charge on any atom is -0.318 e. The number of hydrogen-bond acceptors (Lipinski definition) is 3. The normalized spacial score (nSPS) is 11.2. The minimum atomic E-state index is -0.277. The third-order valence-electron chi connectivity index (χ3n) is 3.06. The number of halogens is 2. The predicted octanol–water partition coefficient (Wildman–Crippen LogP) is 2.49. The molecule has 0 fully saturated rings. The molecule has 0 radical (unpaired) electrons. The average Bonchev–Trinajstić information content (AvgIpc) is 2.78. The molecular weight excluding hydrogens is 299 g/mol. The Morgan fingerprint density at radius 2 is 2.00 bits per heavy atom. The maximum Gasteiger partial charge on any atom is 0.282 e. The lowest BCUT2D eigenvalue weighted by atomic mass is 10.2. The molecule has 20 heavy (non-hydrogen) atoms. The number of nitrogens with zero attached hydrogens (tertiary/aromatic N) is 4. The summed E-state index contributed by atoms with van der Waals surface area (Å²) in [5, 5.41) is 0.697.